The second-order valence-corrected chi connectivity index (χ2v) is 6.31. The molecule has 3 N–H and O–H groups in total. The number of nitrogens with one attached hydrogen (secondary N) is 1. The fourth-order valence-corrected chi connectivity index (χ4v) is 2.63. The Morgan fingerprint density at radius 2 is 2.05 bits per heavy atom. The molecule has 1 heterocycles. The van der Waals surface area contributed by atoms with Crippen LogP contribution in [0.5, 0.6) is 0 Å². The van der Waals surface area contributed by atoms with Gasteiger partial charge in [0.05, 0.1) is 0 Å². The van der Waals surface area contributed by atoms with Gasteiger partial charge in [-0.1, -0.05) is 39.4 Å². The Balaban J connectivity index is 2.03. The van der Waals surface area contributed by atoms with Gasteiger partial charge in [-0.25, -0.2) is 4.98 Å². The maximum absolute atomic E-state index is 12.1. The SMILES string of the molecule is CN(C)c1nc(N)c(C(=O)NCc2ccc(Br)cc2)s1. The Bertz CT molecular complexity index is 609. The predicted molar refractivity (Wildman–Crippen MR) is 86.2 cm³/mol. The van der Waals surface area contributed by atoms with E-state index in [4.69, 9.17) is 5.73 Å². The quantitative estimate of drug-likeness (QED) is 0.884. The standard InChI is InChI=1S/C13H15BrN4OS/c1-18(2)13-17-11(15)10(20-13)12(19)16-7-8-3-5-9(14)6-4-8/h3-6H,7,15H2,1-2H3,(H,16,19). The Hall–Kier alpha value is -1.60. The number of amides is 1. The van der Waals surface area contributed by atoms with Crippen LogP contribution in [0.2, 0.25) is 0 Å². The first-order valence-electron chi connectivity index (χ1n) is 5.93. The van der Waals surface area contributed by atoms with Crippen molar-refractivity contribution in [3.05, 3.63) is 39.2 Å². The minimum atomic E-state index is -0.198. The topological polar surface area (TPSA) is 71.2 Å². The third-order valence-electron chi connectivity index (χ3n) is 2.60. The molecule has 0 unspecified atom stereocenters. The van der Waals surface area contributed by atoms with Crippen molar-refractivity contribution in [2.75, 3.05) is 24.7 Å². The molecule has 5 nitrogen and oxygen atoms in total. The third-order valence-corrected chi connectivity index (χ3v) is 4.36. The number of halogens is 1. The van der Waals surface area contributed by atoms with Gasteiger partial charge in [0.15, 0.2) is 5.13 Å². The first kappa shape index (κ1) is 14.8. The van der Waals surface area contributed by atoms with Crippen LogP contribution in [0.15, 0.2) is 28.7 Å². The molecule has 0 aliphatic carbocycles. The summed E-state index contributed by atoms with van der Waals surface area (Å²) < 4.78 is 1.01. The van der Waals surface area contributed by atoms with Crippen LogP contribution in [0.4, 0.5) is 10.9 Å². The van der Waals surface area contributed by atoms with Crippen LogP contribution in [0.1, 0.15) is 15.2 Å². The van der Waals surface area contributed by atoms with Gasteiger partial charge in [-0.2, -0.15) is 0 Å². The molecule has 2 rings (SSSR count). The van der Waals surface area contributed by atoms with Crippen molar-refractivity contribution >= 4 is 44.1 Å². The number of thiazole rings is 1. The Morgan fingerprint density at radius 1 is 1.40 bits per heavy atom. The summed E-state index contributed by atoms with van der Waals surface area (Å²) >= 11 is 4.66. The Morgan fingerprint density at radius 3 is 2.60 bits per heavy atom. The molecule has 0 aliphatic rings. The molecule has 0 fully saturated rings. The summed E-state index contributed by atoms with van der Waals surface area (Å²) in [6.07, 6.45) is 0. The second-order valence-electron chi connectivity index (χ2n) is 4.41. The van der Waals surface area contributed by atoms with Crippen molar-refractivity contribution in [3.8, 4) is 0 Å². The number of aromatic nitrogens is 1. The molecule has 0 bridgehead atoms. The summed E-state index contributed by atoms with van der Waals surface area (Å²) in [7, 11) is 3.73. The number of nitrogens with two attached hydrogens (primary N) is 1. The molecule has 1 aromatic carbocycles. The van der Waals surface area contributed by atoms with Crippen molar-refractivity contribution in [1.29, 1.82) is 0 Å². The maximum atomic E-state index is 12.1. The van der Waals surface area contributed by atoms with E-state index in [1.54, 1.807) is 0 Å². The molecule has 0 atom stereocenters. The molecular weight excluding hydrogens is 340 g/mol. The normalized spacial score (nSPS) is 10.3. The fourth-order valence-electron chi connectivity index (χ4n) is 1.54. The fraction of sp³-hybridized carbons (Fsp3) is 0.231. The van der Waals surface area contributed by atoms with Crippen molar-refractivity contribution in [1.82, 2.24) is 10.3 Å². The van der Waals surface area contributed by atoms with Crippen molar-refractivity contribution in [2.24, 2.45) is 0 Å². The van der Waals surface area contributed by atoms with E-state index in [2.05, 4.69) is 26.2 Å². The van der Waals surface area contributed by atoms with Crippen molar-refractivity contribution in [3.63, 3.8) is 0 Å². The van der Waals surface area contributed by atoms with Gasteiger partial charge in [-0.3, -0.25) is 4.79 Å². The van der Waals surface area contributed by atoms with Crippen molar-refractivity contribution < 1.29 is 4.79 Å². The Labute approximate surface area is 129 Å². The molecule has 0 radical (unpaired) electrons. The van der Waals surface area contributed by atoms with Gasteiger partial charge in [-0.05, 0) is 17.7 Å². The molecule has 0 spiro atoms. The van der Waals surface area contributed by atoms with Crippen LogP contribution in [0.25, 0.3) is 0 Å². The summed E-state index contributed by atoms with van der Waals surface area (Å²) in [6, 6.07) is 7.77. The molecule has 7 heteroatoms. The van der Waals surface area contributed by atoms with Gasteiger partial charge in [0.1, 0.15) is 10.7 Å². The zero-order valence-corrected chi connectivity index (χ0v) is 13.6. The van der Waals surface area contributed by atoms with E-state index in [0.717, 1.165) is 15.2 Å². The molecule has 0 aliphatic heterocycles. The highest BCUT2D eigenvalue weighted by atomic mass is 79.9. The molecule has 0 saturated carbocycles. The van der Waals surface area contributed by atoms with E-state index in [9.17, 15) is 4.79 Å². The largest absolute Gasteiger partial charge is 0.382 e. The smallest absolute Gasteiger partial charge is 0.265 e. The molecule has 1 aromatic heterocycles. The molecule has 0 saturated heterocycles. The third kappa shape index (κ3) is 3.49. The maximum Gasteiger partial charge on any atom is 0.265 e. The number of rotatable bonds is 4. The lowest BCUT2D eigenvalue weighted by Crippen LogP contribution is -2.22. The van der Waals surface area contributed by atoms with E-state index in [-0.39, 0.29) is 11.7 Å². The van der Waals surface area contributed by atoms with E-state index < -0.39 is 0 Å². The van der Waals surface area contributed by atoms with Crippen molar-refractivity contribution in [2.45, 2.75) is 6.54 Å². The van der Waals surface area contributed by atoms with Crippen LogP contribution in [-0.4, -0.2) is 25.0 Å². The highest BCUT2D eigenvalue weighted by Crippen LogP contribution is 2.26. The van der Waals surface area contributed by atoms with Gasteiger partial charge in [-0.15, -0.1) is 0 Å². The van der Waals surface area contributed by atoms with Crippen LogP contribution in [0.3, 0.4) is 0 Å². The average Bonchev–Trinajstić information content (AvgIpc) is 2.80. The van der Waals surface area contributed by atoms with Crippen LogP contribution >= 0.6 is 27.3 Å². The molecule has 20 heavy (non-hydrogen) atoms. The first-order chi connectivity index (χ1) is 9.47. The van der Waals surface area contributed by atoms with Gasteiger partial charge < -0.3 is 16.0 Å². The summed E-state index contributed by atoms with van der Waals surface area (Å²) in [6.45, 7) is 0.459. The number of hydrogen-bond acceptors (Lipinski definition) is 5. The highest BCUT2D eigenvalue weighted by molar-refractivity contribution is 9.10. The minimum absolute atomic E-state index is 0.198. The second kappa shape index (κ2) is 6.23. The number of nitrogen functional groups attached to an aromatic ring is 1. The number of anilines is 2. The first-order valence-corrected chi connectivity index (χ1v) is 7.54. The van der Waals surface area contributed by atoms with Gasteiger partial charge in [0, 0.05) is 25.1 Å². The Kier molecular flexibility index (Phi) is 4.61. The minimum Gasteiger partial charge on any atom is -0.382 e. The summed E-state index contributed by atoms with van der Waals surface area (Å²) in [5.41, 5.74) is 6.80. The van der Waals surface area contributed by atoms with Gasteiger partial charge >= 0.3 is 0 Å². The monoisotopic (exact) mass is 354 g/mol. The lowest BCUT2D eigenvalue weighted by atomic mass is 10.2. The number of carbonyl (C=O) groups excluding carboxylic acids is 1. The van der Waals surface area contributed by atoms with E-state index in [1.807, 2.05) is 43.3 Å². The number of benzene rings is 1. The van der Waals surface area contributed by atoms with Gasteiger partial charge in [0.2, 0.25) is 0 Å². The van der Waals surface area contributed by atoms with Crippen LogP contribution in [-0.2, 0) is 6.54 Å². The molecule has 106 valence electrons. The lowest BCUT2D eigenvalue weighted by Gasteiger charge is -2.05. The lowest BCUT2D eigenvalue weighted by molar-refractivity contribution is 0.0955. The summed E-state index contributed by atoms with van der Waals surface area (Å²) in [4.78, 5) is 18.5. The number of carbonyl (C=O) groups is 1. The number of hydrogen-bond donors (Lipinski definition) is 2. The molecular formula is C13H15BrN4OS. The highest BCUT2D eigenvalue weighted by Gasteiger charge is 2.16. The van der Waals surface area contributed by atoms with Crippen LogP contribution < -0.4 is 16.0 Å². The van der Waals surface area contributed by atoms with E-state index in [0.29, 0.717) is 11.4 Å². The molecule has 1 amide bonds. The van der Waals surface area contributed by atoms with Crippen LogP contribution in [0, 0.1) is 0 Å². The summed E-state index contributed by atoms with van der Waals surface area (Å²) in [5.74, 6) is 0.0722. The van der Waals surface area contributed by atoms with E-state index >= 15 is 0 Å². The predicted octanol–water partition coefficient (Wildman–Crippen LogP) is 2.48. The van der Waals surface area contributed by atoms with E-state index in [1.165, 1.54) is 11.3 Å². The van der Waals surface area contributed by atoms with Gasteiger partial charge in [0.25, 0.3) is 5.91 Å². The zero-order chi connectivity index (χ0) is 14.7. The zero-order valence-electron chi connectivity index (χ0n) is 11.2. The molecule has 2 aromatic rings. The average molecular weight is 355 g/mol. The summed E-state index contributed by atoms with van der Waals surface area (Å²) in [5, 5.41) is 3.56. The number of nitrogens with zero attached hydrogens (tertiary/aromatic N) is 2.